The van der Waals surface area contributed by atoms with Crippen LogP contribution in [0.25, 0.3) is 0 Å². The number of hydrogen-bond donors (Lipinski definition) is 6. The summed E-state index contributed by atoms with van der Waals surface area (Å²) in [6, 6.07) is 9.18. The molecule has 8 nitrogen and oxygen atoms in total. The minimum Gasteiger partial charge on any atom is -0.508 e. The number of nitrogens with zero attached hydrogens (tertiary/aromatic N) is 2. The maximum Gasteiger partial charge on any atom is 0.120 e. The first-order chi connectivity index (χ1) is 15.5. The lowest BCUT2D eigenvalue weighted by molar-refractivity contribution is 0.130. The smallest absolute Gasteiger partial charge is 0.120 e. The van der Waals surface area contributed by atoms with Gasteiger partial charge in [0, 0.05) is 50.4 Å². The monoisotopic (exact) mass is 444 g/mol. The van der Waals surface area contributed by atoms with Gasteiger partial charge in [0.1, 0.15) is 23.0 Å². The molecule has 3 rings (SSSR count). The molecule has 8 heteroatoms. The van der Waals surface area contributed by atoms with Gasteiger partial charge in [-0.25, -0.2) is 0 Å². The Bertz CT molecular complexity index is 771. The fraction of sp³-hybridized carbons (Fsp3) is 0.500. The van der Waals surface area contributed by atoms with E-state index in [4.69, 9.17) is 0 Å². The van der Waals surface area contributed by atoms with Crippen molar-refractivity contribution in [1.29, 1.82) is 0 Å². The van der Waals surface area contributed by atoms with Gasteiger partial charge >= 0.3 is 0 Å². The molecule has 1 fully saturated rings. The van der Waals surface area contributed by atoms with Gasteiger partial charge in [-0.05, 0) is 75.4 Å². The zero-order valence-corrected chi connectivity index (χ0v) is 18.6. The molecule has 0 aliphatic carbocycles. The van der Waals surface area contributed by atoms with Gasteiger partial charge in [-0.2, -0.15) is 0 Å². The molecule has 2 aromatic carbocycles. The van der Waals surface area contributed by atoms with Crippen LogP contribution >= 0.6 is 0 Å². The average Bonchev–Trinajstić information content (AvgIpc) is 2.79. The average molecular weight is 445 g/mol. The summed E-state index contributed by atoms with van der Waals surface area (Å²) in [6.07, 6.45) is 2.09. The Morgan fingerprint density at radius 3 is 1.44 bits per heavy atom. The largest absolute Gasteiger partial charge is 0.508 e. The Balaban J connectivity index is 1.20. The van der Waals surface area contributed by atoms with Crippen LogP contribution < -0.4 is 10.6 Å². The third-order valence-electron chi connectivity index (χ3n) is 5.88. The molecular weight excluding hydrogens is 408 g/mol. The van der Waals surface area contributed by atoms with Crippen LogP contribution in [0.15, 0.2) is 36.4 Å². The maximum atomic E-state index is 9.80. The predicted molar refractivity (Wildman–Crippen MR) is 125 cm³/mol. The number of phenols is 4. The predicted octanol–water partition coefficient (Wildman–Crippen LogP) is 1.79. The van der Waals surface area contributed by atoms with Crippen molar-refractivity contribution in [2.75, 3.05) is 52.4 Å². The summed E-state index contributed by atoms with van der Waals surface area (Å²) >= 11 is 0. The number of aromatic hydroxyl groups is 4. The molecule has 1 saturated heterocycles. The molecule has 0 unspecified atom stereocenters. The summed E-state index contributed by atoms with van der Waals surface area (Å²) in [5, 5.41) is 45.3. The first-order valence-corrected chi connectivity index (χ1v) is 11.4. The summed E-state index contributed by atoms with van der Waals surface area (Å²) in [5.74, 6) is 0.756. The normalized spacial score (nSPS) is 15.2. The minimum absolute atomic E-state index is 0.170. The second kappa shape index (κ2) is 12.5. The molecule has 2 aromatic rings. The molecule has 0 aromatic heterocycles. The lowest BCUT2D eigenvalue weighted by Crippen LogP contribution is -2.47. The molecule has 0 amide bonds. The molecule has 0 spiro atoms. The Kier molecular flexibility index (Phi) is 9.43. The first kappa shape index (κ1) is 24.1. The molecular formula is C24H36N4O4. The van der Waals surface area contributed by atoms with Crippen molar-refractivity contribution in [1.82, 2.24) is 20.4 Å². The molecule has 32 heavy (non-hydrogen) atoms. The standard InChI is InChI=1S/C24H36N4O4/c29-21-3-5-23(31)19(15-21)17-25-7-1-9-27-11-13-28(14-12-27)10-2-8-26-18-20-16-22(30)4-6-24(20)32/h3-6,15-16,25-26,29-32H,1-2,7-14,17-18H2. The molecule has 0 bridgehead atoms. The number of nitrogens with one attached hydrogen (secondary N) is 2. The van der Waals surface area contributed by atoms with Gasteiger partial charge in [-0.3, -0.25) is 0 Å². The number of rotatable bonds is 12. The van der Waals surface area contributed by atoms with E-state index in [9.17, 15) is 20.4 Å². The quantitative estimate of drug-likeness (QED) is 0.217. The first-order valence-electron chi connectivity index (χ1n) is 11.4. The van der Waals surface area contributed by atoms with Crippen LogP contribution in [-0.4, -0.2) is 82.6 Å². The van der Waals surface area contributed by atoms with Gasteiger partial charge in [0.15, 0.2) is 0 Å². The van der Waals surface area contributed by atoms with Gasteiger partial charge < -0.3 is 40.9 Å². The van der Waals surface area contributed by atoms with E-state index in [0.717, 1.165) is 65.2 Å². The van der Waals surface area contributed by atoms with Crippen LogP contribution in [0.3, 0.4) is 0 Å². The van der Waals surface area contributed by atoms with E-state index in [0.29, 0.717) is 24.2 Å². The zero-order chi connectivity index (χ0) is 22.8. The Hall–Kier alpha value is -2.52. The lowest BCUT2D eigenvalue weighted by atomic mass is 10.2. The van der Waals surface area contributed by atoms with Gasteiger partial charge in [0.2, 0.25) is 0 Å². The second-order valence-corrected chi connectivity index (χ2v) is 8.37. The van der Waals surface area contributed by atoms with E-state index in [1.807, 2.05) is 0 Å². The van der Waals surface area contributed by atoms with E-state index in [-0.39, 0.29) is 23.0 Å². The van der Waals surface area contributed by atoms with Crippen molar-refractivity contribution in [3.8, 4) is 23.0 Å². The van der Waals surface area contributed by atoms with E-state index in [1.165, 1.54) is 24.3 Å². The molecule has 6 N–H and O–H groups in total. The van der Waals surface area contributed by atoms with E-state index < -0.39 is 0 Å². The summed E-state index contributed by atoms with van der Waals surface area (Å²) in [7, 11) is 0. The van der Waals surface area contributed by atoms with Crippen molar-refractivity contribution >= 4 is 0 Å². The number of benzene rings is 2. The minimum atomic E-state index is 0.170. The Morgan fingerprint density at radius 2 is 1.03 bits per heavy atom. The van der Waals surface area contributed by atoms with Gasteiger partial charge in [-0.1, -0.05) is 0 Å². The zero-order valence-electron chi connectivity index (χ0n) is 18.6. The van der Waals surface area contributed by atoms with Gasteiger partial charge in [-0.15, -0.1) is 0 Å². The Labute approximate surface area is 190 Å². The van der Waals surface area contributed by atoms with E-state index >= 15 is 0 Å². The van der Waals surface area contributed by atoms with Crippen LogP contribution in [0.2, 0.25) is 0 Å². The topological polar surface area (TPSA) is 111 Å². The molecule has 1 heterocycles. The van der Waals surface area contributed by atoms with Crippen molar-refractivity contribution < 1.29 is 20.4 Å². The second-order valence-electron chi connectivity index (χ2n) is 8.37. The van der Waals surface area contributed by atoms with Crippen LogP contribution in [0.1, 0.15) is 24.0 Å². The van der Waals surface area contributed by atoms with Crippen molar-refractivity contribution in [3.05, 3.63) is 47.5 Å². The van der Waals surface area contributed by atoms with Crippen molar-refractivity contribution in [2.45, 2.75) is 25.9 Å². The number of piperazine rings is 1. The third-order valence-corrected chi connectivity index (χ3v) is 5.88. The van der Waals surface area contributed by atoms with E-state index in [1.54, 1.807) is 12.1 Å². The molecule has 176 valence electrons. The number of hydrogen-bond acceptors (Lipinski definition) is 8. The summed E-state index contributed by atoms with van der Waals surface area (Å²) in [4.78, 5) is 4.99. The number of phenolic OH excluding ortho intramolecular Hbond substituents is 4. The third kappa shape index (κ3) is 7.87. The fourth-order valence-corrected chi connectivity index (χ4v) is 3.96. The highest BCUT2D eigenvalue weighted by Crippen LogP contribution is 2.22. The van der Waals surface area contributed by atoms with Crippen molar-refractivity contribution in [2.24, 2.45) is 0 Å². The lowest BCUT2D eigenvalue weighted by Gasteiger charge is -2.34. The highest BCUT2D eigenvalue weighted by molar-refractivity contribution is 5.39. The molecule has 0 atom stereocenters. The maximum absolute atomic E-state index is 9.80. The molecule has 0 radical (unpaired) electrons. The summed E-state index contributed by atoms with van der Waals surface area (Å²) < 4.78 is 0. The van der Waals surface area contributed by atoms with Crippen LogP contribution in [0.4, 0.5) is 0 Å². The fourth-order valence-electron chi connectivity index (χ4n) is 3.96. The summed E-state index contributed by atoms with van der Waals surface area (Å²) in [6.45, 7) is 9.28. The molecule has 1 aliphatic rings. The highest BCUT2D eigenvalue weighted by Gasteiger charge is 2.15. The summed E-state index contributed by atoms with van der Waals surface area (Å²) in [5.41, 5.74) is 1.43. The van der Waals surface area contributed by atoms with Gasteiger partial charge in [0.25, 0.3) is 0 Å². The Morgan fingerprint density at radius 1 is 0.625 bits per heavy atom. The van der Waals surface area contributed by atoms with Crippen molar-refractivity contribution in [3.63, 3.8) is 0 Å². The van der Waals surface area contributed by atoms with E-state index in [2.05, 4.69) is 20.4 Å². The van der Waals surface area contributed by atoms with Crippen LogP contribution in [0, 0.1) is 0 Å². The van der Waals surface area contributed by atoms with Crippen LogP contribution in [0.5, 0.6) is 23.0 Å². The SMILES string of the molecule is Oc1ccc(O)c(CNCCCN2CCN(CCCNCc3cc(O)ccc3O)CC2)c1. The molecule has 1 aliphatic heterocycles. The van der Waals surface area contributed by atoms with Crippen LogP contribution in [-0.2, 0) is 13.1 Å². The van der Waals surface area contributed by atoms with Gasteiger partial charge in [0.05, 0.1) is 0 Å². The molecule has 0 saturated carbocycles. The highest BCUT2D eigenvalue weighted by atomic mass is 16.3.